The minimum Gasteiger partial charge on any atom is -0.475 e. The minimum absolute atomic E-state index is 0.0348. The van der Waals surface area contributed by atoms with Gasteiger partial charge in [-0.15, -0.1) is 0 Å². The van der Waals surface area contributed by atoms with Gasteiger partial charge in [-0.2, -0.15) is 5.10 Å². The Morgan fingerprint density at radius 1 is 1.39 bits per heavy atom. The van der Waals surface area contributed by atoms with Crippen molar-refractivity contribution in [2.45, 2.75) is 51.6 Å². The molecule has 0 bridgehead atoms. The van der Waals surface area contributed by atoms with Gasteiger partial charge in [-0.05, 0) is 43.6 Å². The zero-order chi connectivity index (χ0) is 19.7. The number of aromatic carboxylic acids is 1. The molecule has 28 heavy (non-hydrogen) atoms. The van der Waals surface area contributed by atoms with Crippen molar-refractivity contribution >= 4 is 16.9 Å². The summed E-state index contributed by atoms with van der Waals surface area (Å²) >= 11 is 0. The van der Waals surface area contributed by atoms with Crippen LogP contribution in [0.5, 0.6) is 0 Å². The highest BCUT2D eigenvalue weighted by Crippen LogP contribution is 2.43. The van der Waals surface area contributed by atoms with Crippen molar-refractivity contribution in [1.29, 1.82) is 0 Å². The van der Waals surface area contributed by atoms with E-state index in [2.05, 4.69) is 29.0 Å². The van der Waals surface area contributed by atoms with E-state index in [-0.39, 0.29) is 17.8 Å². The van der Waals surface area contributed by atoms with Crippen LogP contribution in [-0.2, 0) is 4.74 Å². The topological polar surface area (TPSA) is 101 Å². The highest BCUT2D eigenvalue weighted by molar-refractivity contribution is 5.96. The first-order chi connectivity index (χ1) is 13.6. The van der Waals surface area contributed by atoms with Crippen molar-refractivity contribution in [2.24, 2.45) is 5.92 Å². The number of aromatic nitrogens is 3. The Hall–Kier alpha value is -2.67. The van der Waals surface area contributed by atoms with Crippen molar-refractivity contribution in [2.75, 3.05) is 6.61 Å². The summed E-state index contributed by atoms with van der Waals surface area (Å²) in [6, 6.07) is 1.92. The number of furan rings is 1. The van der Waals surface area contributed by atoms with Gasteiger partial charge in [-0.1, -0.05) is 13.8 Å². The maximum atomic E-state index is 12.0. The van der Waals surface area contributed by atoms with Crippen LogP contribution >= 0.6 is 0 Å². The lowest BCUT2D eigenvalue weighted by atomic mass is 9.77. The number of ether oxygens (including phenoxy) is 1. The molecule has 0 spiro atoms. The Morgan fingerprint density at radius 3 is 2.93 bits per heavy atom. The van der Waals surface area contributed by atoms with Crippen LogP contribution in [0.2, 0.25) is 0 Å². The molecule has 0 radical (unpaired) electrons. The van der Waals surface area contributed by atoms with E-state index in [1.54, 1.807) is 18.6 Å². The third-order valence-electron chi connectivity index (χ3n) is 5.85. The molecule has 0 saturated carbocycles. The summed E-state index contributed by atoms with van der Waals surface area (Å²) in [4.78, 5) is 16.4. The standard InChI is InChI=1S/C21H25N3O4/c1-3-14-7-12(5-6-27-14)15(4-2)19-16-8-17(13-9-23-24-10-13)22-11-18(16)28-20(19)21(25)26/h8-12,14-15H,3-7H2,1-2H3,(H,23,24)(H,25,26). The number of carboxylic acids is 1. The molecule has 7 heteroatoms. The van der Waals surface area contributed by atoms with E-state index in [9.17, 15) is 9.90 Å². The van der Waals surface area contributed by atoms with Gasteiger partial charge >= 0.3 is 5.97 Å². The van der Waals surface area contributed by atoms with E-state index in [4.69, 9.17) is 9.15 Å². The Labute approximate surface area is 163 Å². The predicted octanol–water partition coefficient (Wildman–Crippen LogP) is 4.61. The van der Waals surface area contributed by atoms with E-state index >= 15 is 0 Å². The average molecular weight is 383 g/mol. The van der Waals surface area contributed by atoms with Crippen LogP contribution in [0.4, 0.5) is 0 Å². The van der Waals surface area contributed by atoms with E-state index in [1.165, 1.54) is 0 Å². The number of rotatable bonds is 6. The molecule has 1 aliphatic rings. The number of hydrogen-bond acceptors (Lipinski definition) is 5. The second kappa shape index (κ2) is 7.75. The number of hydrogen-bond donors (Lipinski definition) is 2. The van der Waals surface area contributed by atoms with Gasteiger partial charge in [0, 0.05) is 29.3 Å². The summed E-state index contributed by atoms with van der Waals surface area (Å²) in [5.41, 5.74) is 2.90. The first kappa shape index (κ1) is 18.7. The van der Waals surface area contributed by atoms with Crippen LogP contribution in [0.3, 0.4) is 0 Å². The van der Waals surface area contributed by atoms with Gasteiger partial charge in [0.1, 0.15) is 0 Å². The fourth-order valence-electron chi connectivity index (χ4n) is 4.43. The van der Waals surface area contributed by atoms with E-state index in [0.29, 0.717) is 11.5 Å². The van der Waals surface area contributed by atoms with Gasteiger partial charge < -0.3 is 14.3 Å². The summed E-state index contributed by atoms with van der Waals surface area (Å²) in [6.07, 6.45) is 9.02. The van der Waals surface area contributed by atoms with Gasteiger partial charge in [0.25, 0.3) is 0 Å². The molecule has 3 atom stereocenters. The molecule has 0 amide bonds. The Balaban J connectivity index is 1.83. The van der Waals surface area contributed by atoms with Crippen LogP contribution in [0.15, 0.2) is 29.1 Å². The Kier molecular flexibility index (Phi) is 5.17. The second-order valence-corrected chi connectivity index (χ2v) is 7.40. The summed E-state index contributed by atoms with van der Waals surface area (Å²) in [7, 11) is 0. The van der Waals surface area contributed by atoms with Crippen LogP contribution in [-0.4, -0.2) is 39.0 Å². The number of aromatic amines is 1. The number of carbonyl (C=O) groups is 1. The lowest BCUT2D eigenvalue weighted by Crippen LogP contribution is -2.29. The molecule has 3 aromatic heterocycles. The van der Waals surface area contributed by atoms with Gasteiger partial charge in [-0.3, -0.25) is 10.1 Å². The van der Waals surface area contributed by atoms with Crippen molar-refractivity contribution in [3.63, 3.8) is 0 Å². The average Bonchev–Trinajstić information content (AvgIpc) is 3.37. The molecule has 4 heterocycles. The number of fused-ring (bicyclic) bond motifs is 1. The highest BCUT2D eigenvalue weighted by atomic mass is 16.5. The van der Waals surface area contributed by atoms with Gasteiger partial charge in [0.05, 0.1) is 24.2 Å². The SMILES string of the molecule is CCC1CC(C(CC)c2c(C(=O)O)oc3cnc(-c4cn[nH]c4)cc23)CCO1. The predicted molar refractivity (Wildman–Crippen MR) is 104 cm³/mol. The van der Waals surface area contributed by atoms with Crippen molar-refractivity contribution < 1.29 is 19.1 Å². The molecule has 3 unspecified atom stereocenters. The molecule has 1 saturated heterocycles. The Morgan fingerprint density at radius 2 is 2.25 bits per heavy atom. The molecule has 4 rings (SSSR count). The van der Waals surface area contributed by atoms with Crippen molar-refractivity contribution in [3.8, 4) is 11.3 Å². The van der Waals surface area contributed by atoms with Crippen molar-refractivity contribution in [3.05, 3.63) is 36.0 Å². The second-order valence-electron chi connectivity index (χ2n) is 7.40. The van der Waals surface area contributed by atoms with Crippen LogP contribution in [0, 0.1) is 5.92 Å². The van der Waals surface area contributed by atoms with E-state index < -0.39 is 5.97 Å². The van der Waals surface area contributed by atoms with Crippen LogP contribution in [0.25, 0.3) is 22.2 Å². The lowest BCUT2D eigenvalue weighted by Gasteiger charge is -2.34. The number of carboxylic acid groups (broad SMARTS) is 1. The van der Waals surface area contributed by atoms with E-state index in [0.717, 1.165) is 54.5 Å². The first-order valence-electron chi connectivity index (χ1n) is 9.88. The molecule has 1 fully saturated rings. The maximum absolute atomic E-state index is 12.0. The molecule has 2 N–H and O–H groups in total. The monoisotopic (exact) mass is 383 g/mol. The summed E-state index contributed by atoms with van der Waals surface area (Å²) < 4.78 is 11.6. The summed E-state index contributed by atoms with van der Waals surface area (Å²) in [5, 5.41) is 17.4. The fourth-order valence-corrected chi connectivity index (χ4v) is 4.43. The molecule has 7 nitrogen and oxygen atoms in total. The maximum Gasteiger partial charge on any atom is 0.372 e. The molecular weight excluding hydrogens is 358 g/mol. The third kappa shape index (κ3) is 3.30. The van der Waals surface area contributed by atoms with E-state index in [1.807, 2.05) is 6.07 Å². The quantitative estimate of drug-likeness (QED) is 0.644. The number of H-pyrrole nitrogens is 1. The van der Waals surface area contributed by atoms with Gasteiger partial charge in [0.15, 0.2) is 5.58 Å². The zero-order valence-electron chi connectivity index (χ0n) is 16.1. The zero-order valence-corrected chi connectivity index (χ0v) is 16.1. The number of nitrogens with one attached hydrogen (secondary N) is 1. The smallest absolute Gasteiger partial charge is 0.372 e. The largest absolute Gasteiger partial charge is 0.475 e. The molecule has 1 aliphatic heterocycles. The van der Waals surface area contributed by atoms with Crippen LogP contribution in [0.1, 0.15) is 61.6 Å². The summed E-state index contributed by atoms with van der Waals surface area (Å²) in [5.74, 6) is -0.529. The summed E-state index contributed by atoms with van der Waals surface area (Å²) in [6.45, 7) is 4.97. The highest BCUT2D eigenvalue weighted by Gasteiger charge is 2.34. The molecule has 3 aromatic rings. The molecule has 0 aromatic carbocycles. The normalized spacial score (nSPS) is 21.1. The van der Waals surface area contributed by atoms with Crippen LogP contribution < -0.4 is 0 Å². The fraction of sp³-hybridized carbons (Fsp3) is 0.476. The Bertz CT molecular complexity index is 964. The van der Waals surface area contributed by atoms with Gasteiger partial charge in [-0.25, -0.2) is 4.79 Å². The lowest BCUT2D eigenvalue weighted by molar-refractivity contribution is -0.0166. The first-order valence-corrected chi connectivity index (χ1v) is 9.88. The number of pyridine rings is 1. The van der Waals surface area contributed by atoms with Gasteiger partial charge in [0.2, 0.25) is 5.76 Å². The third-order valence-corrected chi connectivity index (χ3v) is 5.85. The molecule has 148 valence electrons. The molecule has 0 aliphatic carbocycles. The number of nitrogens with zero attached hydrogens (tertiary/aromatic N) is 2. The minimum atomic E-state index is -1.03. The van der Waals surface area contributed by atoms with Crippen molar-refractivity contribution in [1.82, 2.24) is 15.2 Å². The molecular formula is C21H25N3O4.